The van der Waals surface area contributed by atoms with Gasteiger partial charge in [-0.3, -0.25) is 4.72 Å². The molecule has 174 valence electrons. The summed E-state index contributed by atoms with van der Waals surface area (Å²) in [5.74, 6) is 1.12. The number of benzene rings is 2. The minimum absolute atomic E-state index is 0.187. The number of thiol groups is 1. The molecule has 2 heterocycles. The normalized spacial score (nSPS) is 11.9. The summed E-state index contributed by atoms with van der Waals surface area (Å²) in [6.45, 7) is 1.20. The van der Waals surface area contributed by atoms with Crippen molar-refractivity contribution in [2.45, 2.75) is 12.5 Å². The van der Waals surface area contributed by atoms with E-state index in [9.17, 15) is 18.6 Å². The zero-order valence-corrected chi connectivity index (χ0v) is 18.4. The van der Waals surface area contributed by atoms with E-state index in [-0.39, 0.29) is 17.3 Å². The number of aliphatic hydroxyl groups is 2. The fourth-order valence-electron chi connectivity index (χ4n) is 3.22. The number of fused-ring (bicyclic) bond motifs is 1. The van der Waals surface area contributed by atoms with Crippen molar-refractivity contribution in [2.75, 3.05) is 24.5 Å². The molecule has 4 rings (SSSR count). The van der Waals surface area contributed by atoms with Crippen molar-refractivity contribution in [1.29, 1.82) is 0 Å². The Morgan fingerprint density at radius 3 is 2.58 bits per heavy atom. The van der Waals surface area contributed by atoms with Gasteiger partial charge in [0.25, 0.3) is 5.89 Å². The van der Waals surface area contributed by atoms with Gasteiger partial charge in [0.2, 0.25) is 16.7 Å². The standard InChI is InChI=1S/C21H22N4O7S/c1-2-30-17-6-4-13(8-15(17)25-33(28)29)20-23-19(24-32-20)12-3-5-16-14(7-12)9-18(31-16)21(22,10-26)11-27/h3-9,26-27,33H,2,10-11,22H2,1H3,(H,25,28,29). The first-order valence-corrected chi connectivity index (χ1v) is 11.1. The molecule has 0 saturated heterocycles. The fourth-order valence-corrected chi connectivity index (χ4v) is 3.59. The van der Waals surface area contributed by atoms with Crippen molar-refractivity contribution in [3.63, 3.8) is 0 Å². The van der Waals surface area contributed by atoms with E-state index in [1.54, 1.807) is 49.4 Å². The maximum Gasteiger partial charge on any atom is 0.258 e. The van der Waals surface area contributed by atoms with Gasteiger partial charge in [0.15, 0.2) is 0 Å². The lowest BCUT2D eigenvalue weighted by Gasteiger charge is -2.21. The molecule has 4 aromatic rings. The SMILES string of the molecule is CCOc1ccc(-c2nc(-c3ccc4oc(C(N)(CO)CO)cc4c3)no2)cc1N[SH](=O)=O. The van der Waals surface area contributed by atoms with Crippen LogP contribution in [0.25, 0.3) is 33.8 Å². The Labute approximate surface area is 189 Å². The Kier molecular flexibility index (Phi) is 6.33. The third kappa shape index (κ3) is 4.54. The molecule has 0 unspecified atom stereocenters. The van der Waals surface area contributed by atoms with E-state index in [0.717, 1.165) is 0 Å². The third-order valence-electron chi connectivity index (χ3n) is 4.99. The number of hydrogen-bond acceptors (Lipinski definition) is 10. The van der Waals surface area contributed by atoms with Crippen molar-refractivity contribution in [2.24, 2.45) is 5.73 Å². The van der Waals surface area contributed by atoms with Crippen LogP contribution in [0.5, 0.6) is 5.75 Å². The number of nitrogens with one attached hydrogen (secondary N) is 1. The molecular weight excluding hydrogens is 452 g/mol. The van der Waals surface area contributed by atoms with E-state index in [4.69, 9.17) is 19.4 Å². The monoisotopic (exact) mass is 474 g/mol. The molecule has 0 atom stereocenters. The molecule has 0 amide bonds. The van der Waals surface area contributed by atoms with Gasteiger partial charge in [0, 0.05) is 16.5 Å². The van der Waals surface area contributed by atoms with E-state index in [2.05, 4.69) is 14.9 Å². The van der Waals surface area contributed by atoms with Gasteiger partial charge >= 0.3 is 0 Å². The van der Waals surface area contributed by atoms with Gasteiger partial charge in [-0.2, -0.15) is 4.98 Å². The Bertz CT molecular complexity index is 1350. The average Bonchev–Trinajstić information content (AvgIpc) is 3.46. The Morgan fingerprint density at radius 2 is 1.88 bits per heavy atom. The van der Waals surface area contributed by atoms with Gasteiger partial charge in [-0.15, -0.1) is 0 Å². The van der Waals surface area contributed by atoms with Gasteiger partial charge < -0.3 is 29.6 Å². The molecule has 33 heavy (non-hydrogen) atoms. The summed E-state index contributed by atoms with van der Waals surface area (Å²) in [6, 6.07) is 11.7. The number of furan rings is 1. The molecule has 0 radical (unpaired) electrons. The van der Waals surface area contributed by atoms with Crippen molar-refractivity contribution < 1.29 is 32.3 Å². The smallest absolute Gasteiger partial charge is 0.258 e. The highest BCUT2D eigenvalue weighted by Gasteiger charge is 2.30. The van der Waals surface area contributed by atoms with E-state index in [1.165, 1.54) is 0 Å². The average molecular weight is 474 g/mol. The van der Waals surface area contributed by atoms with Crippen LogP contribution in [0.3, 0.4) is 0 Å². The predicted molar refractivity (Wildman–Crippen MR) is 120 cm³/mol. The third-order valence-corrected chi connectivity index (χ3v) is 5.42. The summed E-state index contributed by atoms with van der Waals surface area (Å²) in [4.78, 5) is 4.41. The molecule has 0 aliphatic rings. The summed E-state index contributed by atoms with van der Waals surface area (Å²) in [5.41, 5.74) is 6.50. The minimum atomic E-state index is -2.89. The molecule has 0 bridgehead atoms. The summed E-state index contributed by atoms with van der Waals surface area (Å²) in [7, 11) is -2.89. The predicted octanol–water partition coefficient (Wildman–Crippen LogP) is 1.63. The van der Waals surface area contributed by atoms with Gasteiger partial charge in [0.05, 0.1) is 25.5 Å². The van der Waals surface area contributed by atoms with Crippen LogP contribution in [0.4, 0.5) is 5.69 Å². The molecule has 2 aromatic carbocycles. The lowest BCUT2D eigenvalue weighted by atomic mass is 10.00. The Balaban J connectivity index is 1.67. The molecule has 0 aliphatic carbocycles. The van der Waals surface area contributed by atoms with Crippen LogP contribution in [0.1, 0.15) is 12.7 Å². The van der Waals surface area contributed by atoms with Crippen LogP contribution in [0.2, 0.25) is 0 Å². The lowest BCUT2D eigenvalue weighted by Crippen LogP contribution is -2.43. The van der Waals surface area contributed by atoms with Crippen LogP contribution in [0.15, 0.2) is 51.4 Å². The van der Waals surface area contributed by atoms with Crippen molar-refractivity contribution in [3.05, 3.63) is 48.2 Å². The van der Waals surface area contributed by atoms with Crippen LogP contribution in [-0.4, -0.2) is 48.6 Å². The maximum atomic E-state index is 11.1. The lowest BCUT2D eigenvalue weighted by molar-refractivity contribution is 0.105. The topological polar surface area (TPSA) is 174 Å². The Hall–Kier alpha value is -3.45. The van der Waals surface area contributed by atoms with E-state index in [0.29, 0.717) is 40.3 Å². The van der Waals surface area contributed by atoms with Crippen molar-refractivity contribution >= 4 is 27.5 Å². The second-order valence-corrected chi connectivity index (χ2v) is 8.01. The number of hydrogen-bond donors (Lipinski definition) is 5. The fraction of sp³-hybridized carbons (Fsp3) is 0.238. The van der Waals surface area contributed by atoms with E-state index < -0.39 is 29.6 Å². The van der Waals surface area contributed by atoms with E-state index >= 15 is 0 Å². The zero-order valence-electron chi connectivity index (χ0n) is 17.5. The minimum Gasteiger partial charge on any atom is -0.492 e. The highest BCUT2D eigenvalue weighted by atomic mass is 32.2. The second kappa shape index (κ2) is 9.19. The highest BCUT2D eigenvalue weighted by molar-refractivity contribution is 7.73. The second-order valence-electron chi connectivity index (χ2n) is 7.27. The van der Waals surface area contributed by atoms with Gasteiger partial charge in [-0.1, -0.05) is 5.16 Å². The van der Waals surface area contributed by atoms with Crippen molar-refractivity contribution in [1.82, 2.24) is 10.1 Å². The first kappa shape index (κ1) is 22.7. The summed E-state index contributed by atoms with van der Waals surface area (Å²) < 4.78 is 41.1. The van der Waals surface area contributed by atoms with Gasteiger partial charge in [0.1, 0.15) is 22.6 Å². The van der Waals surface area contributed by atoms with Gasteiger partial charge in [-0.05, 0) is 49.4 Å². The molecule has 0 saturated carbocycles. The molecule has 0 aliphatic heterocycles. The number of anilines is 1. The maximum absolute atomic E-state index is 11.1. The molecular formula is C21H22N4O7S. The quantitative estimate of drug-likeness (QED) is 0.224. The summed E-state index contributed by atoms with van der Waals surface area (Å²) in [6.07, 6.45) is 0. The molecule has 0 fully saturated rings. The van der Waals surface area contributed by atoms with Crippen LogP contribution in [-0.2, 0) is 16.4 Å². The van der Waals surface area contributed by atoms with Crippen molar-refractivity contribution in [3.8, 4) is 28.6 Å². The molecule has 12 heteroatoms. The van der Waals surface area contributed by atoms with Crippen LogP contribution < -0.4 is 15.2 Å². The number of rotatable bonds is 9. The number of ether oxygens (including phenoxy) is 1. The molecule has 11 nitrogen and oxygen atoms in total. The molecule has 2 aromatic heterocycles. The Morgan fingerprint density at radius 1 is 1.12 bits per heavy atom. The summed E-state index contributed by atoms with van der Waals surface area (Å²) >= 11 is 0. The molecule has 0 spiro atoms. The van der Waals surface area contributed by atoms with Gasteiger partial charge in [-0.25, -0.2) is 8.42 Å². The number of aliphatic hydroxyl groups excluding tert-OH is 2. The first-order chi connectivity index (χ1) is 15.9. The molecule has 5 N–H and O–H groups in total. The van der Waals surface area contributed by atoms with Crippen LogP contribution in [0, 0.1) is 0 Å². The zero-order chi connectivity index (χ0) is 23.6. The number of aromatic nitrogens is 2. The highest BCUT2D eigenvalue weighted by Crippen LogP contribution is 2.33. The summed E-state index contributed by atoms with van der Waals surface area (Å²) in [5, 5.41) is 23.7. The first-order valence-electron chi connectivity index (χ1n) is 9.94. The van der Waals surface area contributed by atoms with E-state index in [1.807, 2.05) is 0 Å². The van der Waals surface area contributed by atoms with Crippen LogP contribution >= 0.6 is 0 Å². The number of nitrogens with two attached hydrogens (primary N) is 1. The largest absolute Gasteiger partial charge is 0.492 e. The number of nitrogens with zero attached hydrogens (tertiary/aromatic N) is 2.